The monoisotopic (exact) mass is 330 g/mol. The van der Waals surface area contributed by atoms with Crippen LogP contribution in [0.4, 0.5) is 4.39 Å². The van der Waals surface area contributed by atoms with Gasteiger partial charge in [0.25, 0.3) is 0 Å². The van der Waals surface area contributed by atoms with E-state index in [-0.39, 0.29) is 17.5 Å². The van der Waals surface area contributed by atoms with Gasteiger partial charge in [-0.3, -0.25) is 4.79 Å². The van der Waals surface area contributed by atoms with Crippen LogP contribution in [0.5, 0.6) is 0 Å². The van der Waals surface area contributed by atoms with Gasteiger partial charge in [0.15, 0.2) is 5.78 Å². The second-order valence-electron chi connectivity index (χ2n) is 6.47. The molecule has 0 rings (SSSR count). The molecule has 0 bridgehead atoms. The fourth-order valence-corrected chi connectivity index (χ4v) is 1.91. The largest absolute Gasteiger partial charge is 0.295 e. The Labute approximate surface area is 147 Å². The second-order valence-corrected chi connectivity index (χ2v) is 6.47. The number of ketones is 1. The molecule has 132 valence electrons. The Hall–Kier alpha value is -1.96. The summed E-state index contributed by atoms with van der Waals surface area (Å²) in [5.74, 6) is 0.248. The normalized spacial score (nSPS) is 14.3. The van der Waals surface area contributed by atoms with E-state index in [2.05, 4.69) is 40.2 Å². The third kappa shape index (κ3) is 8.05. The SMILES string of the molecule is C=C(/C=C\C(=C)C(C)=O)C(=C)/C=C(/F)C(=C)C(C)CCC(C)CC. The van der Waals surface area contributed by atoms with E-state index >= 15 is 0 Å². The molecule has 0 aromatic heterocycles. The van der Waals surface area contributed by atoms with Gasteiger partial charge in [-0.2, -0.15) is 0 Å². The fraction of sp³-hybridized carbons (Fsp3) is 0.409. The van der Waals surface area contributed by atoms with E-state index in [9.17, 15) is 9.18 Å². The van der Waals surface area contributed by atoms with Gasteiger partial charge in [-0.1, -0.05) is 72.1 Å². The van der Waals surface area contributed by atoms with Crippen molar-refractivity contribution in [2.45, 2.75) is 47.0 Å². The van der Waals surface area contributed by atoms with Crippen LogP contribution in [0.3, 0.4) is 0 Å². The maximum atomic E-state index is 14.4. The van der Waals surface area contributed by atoms with Crippen LogP contribution in [0.15, 0.2) is 72.7 Å². The molecule has 0 aliphatic carbocycles. The molecule has 0 aliphatic rings. The van der Waals surface area contributed by atoms with Crippen molar-refractivity contribution in [3.05, 3.63) is 72.7 Å². The maximum Gasteiger partial charge on any atom is 0.159 e. The highest BCUT2D eigenvalue weighted by Gasteiger charge is 2.13. The molecule has 0 aliphatic heterocycles. The van der Waals surface area contributed by atoms with Gasteiger partial charge in [0.2, 0.25) is 0 Å². The van der Waals surface area contributed by atoms with E-state index < -0.39 is 0 Å². The van der Waals surface area contributed by atoms with Crippen molar-refractivity contribution >= 4 is 5.78 Å². The van der Waals surface area contributed by atoms with Gasteiger partial charge in [-0.25, -0.2) is 4.39 Å². The van der Waals surface area contributed by atoms with Gasteiger partial charge >= 0.3 is 0 Å². The van der Waals surface area contributed by atoms with Crippen LogP contribution < -0.4 is 0 Å². The average molecular weight is 330 g/mol. The van der Waals surface area contributed by atoms with Crippen LogP contribution >= 0.6 is 0 Å². The zero-order chi connectivity index (χ0) is 18.9. The number of allylic oxidation sites excluding steroid dienone is 8. The number of carbonyl (C=O) groups is 1. The van der Waals surface area contributed by atoms with E-state index in [0.717, 1.165) is 19.3 Å². The van der Waals surface area contributed by atoms with Crippen LogP contribution in [0, 0.1) is 11.8 Å². The Morgan fingerprint density at radius 3 is 2.04 bits per heavy atom. The fourth-order valence-electron chi connectivity index (χ4n) is 1.91. The van der Waals surface area contributed by atoms with E-state index in [1.54, 1.807) is 12.2 Å². The van der Waals surface area contributed by atoms with Crippen molar-refractivity contribution in [3.63, 3.8) is 0 Å². The van der Waals surface area contributed by atoms with Crippen molar-refractivity contribution in [1.82, 2.24) is 0 Å². The summed E-state index contributed by atoms with van der Waals surface area (Å²) in [6, 6.07) is 0. The van der Waals surface area contributed by atoms with Crippen molar-refractivity contribution in [1.29, 1.82) is 0 Å². The van der Waals surface area contributed by atoms with E-state index in [1.807, 2.05) is 6.92 Å². The molecular weight excluding hydrogens is 299 g/mol. The zero-order valence-corrected chi connectivity index (χ0v) is 15.6. The molecule has 0 aromatic rings. The summed E-state index contributed by atoms with van der Waals surface area (Å²) in [5, 5.41) is 0. The number of hydrogen-bond donors (Lipinski definition) is 0. The quantitative estimate of drug-likeness (QED) is 0.305. The molecular formula is C22H31FO. The molecule has 0 aromatic carbocycles. The summed E-state index contributed by atoms with van der Waals surface area (Å²) in [4.78, 5) is 11.1. The first kappa shape index (κ1) is 22.0. The summed E-state index contributed by atoms with van der Waals surface area (Å²) < 4.78 is 14.4. The molecule has 0 saturated carbocycles. The van der Waals surface area contributed by atoms with Gasteiger partial charge < -0.3 is 0 Å². The lowest BCUT2D eigenvalue weighted by Crippen LogP contribution is -2.03. The number of Topliss-reactive ketones (excluding diaryl/α,β-unsaturated/α-hetero) is 1. The highest BCUT2D eigenvalue weighted by Crippen LogP contribution is 2.27. The Bertz CT molecular complexity index is 575. The molecule has 24 heavy (non-hydrogen) atoms. The molecule has 0 spiro atoms. The number of carbonyl (C=O) groups excluding carboxylic acids is 1. The van der Waals surface area contributed by atoms with Crippen molar-refractivity contribution in [3.8, 4) is 0 Å². The maximum absolute atomic E-state index is 14.4. The summed E-state index contributed by atoms with van der Waals surface area (Å²) in [6.45, 7) is 23.0. The number of hydrogen-bond acceptors (Lipinski definition) is 1. The molecule has 0 fully saturated rings. The van der Waals surface area contributed by atoms with Gasteiger partial charge in [0.1, 0.15) is 5.83 Å². The third-order valence-corrected chi connectivity index (χ3v) is 4.34. The van der Waals surface area contributed by atoms with E-state index in [1.165, 1.54) is 13.0 Å². The Morgan fingerprint density at radius 2 is 1.54 bits per heavy atom. The summed E-state index contributed by atoms with van der Waals surface area (Å²) >= 11 is 0. The van der Waals surface area contributed by atoms with Gasteiger partial charge in [0.05, 0.1) is 0 Å². The van der Waals surface area contributed by atoms with Crippen LogP contribution in [-0.2, 0) is 4.79 Å². The molecule has 2 heteroatoms. The topological polar surface area (TPSA) is 17.1 Å². The molecule has 0 saturated heterocycles. The first-order valence-corrected chi connectivity index (χ1v) is 8.42. The lowest BCUT2D eigenvalue weighted by Gasteiger charge is -2.16. The Kier molecular flexibility index (Phi) is 9.87. The Morgan fingerprint density at radius 1 is 1.00 bits per heavy atom. The third-order valence-electron chi connectivity index (χ3n) is 4.34. The lowest BCUT2D eigenvalue weighted by molar-refractivity contribution is -0.113. The lowest BCUT2D eigenvalue weighted by atomic mass is 9.91. The highest BCUT2D eigenvalue weighted by molar-refractivity contribution is 5.95. The molecule has 0 radical (unpaired) electrons. The minimum absolute atomic E-state index is 0.0874. The standard InChI is InChI=1S/C22H31FO/c1-9-15(2)10-11-17(4)20(7)22(23)14-19(6)16(3)12-13-18(5)21(8)24/h12-15,17H,3,5-7,9-11H2,1-2,4,8H3/b13-12-,22-14+. The average Bonchev–Trinajstić information content (AvgIpc) is 2.55. The van der Waals surface area contributed by atoms with Crippen molar-refractivity contribution in [2.24, 2.45) is 11.8 Å². The molecule has 0 heterocycles. The molecule has 0 amide bonds. The summed E-state index contributed by atoms with van der Waals surface area (Å²) in [6.07, 6.45) is 7.64. The second kappa shape index (κ2) is 10.7. The van der Waals surface area contributed by atoms with E-state index in [4.69, 9.17) is 0 Å². The zero-order valence-electron chi connectivity index (χ0n) is 15.6. The highest BCUT2D eigenvalue weighted by atomic mass is 19.1. The van der Waals surface area contributed by atoms with Crippen molar-refractivity contribution < 1.29 is 9.18 Å². The van der Waals surface area contributed by atoms with Crippen molar-refractivity contribution in [2.75, 3.05) is 0 Å². The van der Waals surface area contributed by atoms with Gasteiger partial charge in [-0.15, -0.1) is 0 Å². The molecule has 1 nitrogen and oxygen atoms in total. The summed E-state index contributed by atoms with van der Waals surface area (Å²) in [5.41, 5.74) is 1.85. The van der Waals surface area contributed by atoms with Crippen LogP contribution in [0.2, 0.25) is 0 Å². The Balaban J connectivity index is 4.78. The molecule has 2 unspecified atom stereocenters. The number of rotatable bonds is 11. The first-order valence-electron chi connectivity index (χ1n) is 8.42. The molecule has 2 atom stereocenters. The van der Waals surface area contributed by atoms with Crippen LogP contribution in [-0.4, -0.2) is 5.78 Å². The minimum Gasteiger partial charge on any atom is -0.295 e. The van der Waals surface area contributed by atoms with E-state index in [0.29, 0.717) is 28.2 Å². The summed E-state index contributed by atoms with van der Waals surface area (Å²) in [7, 11) is 0. The predicted molar refractivity (Wildman–Crippen MR) is 103 cm³/mol. The first-order chi connectivity index (χ1) is 11.1. The van der Waals surface area contributed by atoms with Crippen LogP contribution in [0.25, 0.3) is 0 Å². The van der Waals surface area contributed by atoms with Crippen LogP contribution in [0.1, 0.15) is 47.0 Å². The number of halogens is 1. The van der Waals surface area contributed by atoms with Gasteiger partial charge in [-0.05, 0) is 48.0 Å². The smallest absolute Gasteiger partial charge is 0.159 e. The predicted octanol–water partition coefficient (Wildman–Crippen LogP) is 6.67. The minimum atomic E-state index is -0.364. The molecule has 0 N–H and O–H groups in total. The van der Waals surface area contributed by atoms with Gasteiger partial charge in [0, 0.05) is 5.57 Å².